The van der Waals surface area contributed by atoms with Gasteiger partial charge < -0.3 is 36.2 Å². The molecule has 3 aromatic carbocycles. The number of hydrogen-bond donors (Lipinski definition) is 6. The summed E-state index contributed by atoms with van der Waals surface area (Å²) in [5.74, 6) is 7.43. The number of carbonyl (C=O) groups excluding carboxylic acids is 2. The highest BCUT2D eigenvalue weighted by molar-refractivity contribution is 5.85. The zero-order valence-electron chi connectivity index (χ0n) is 35.5. The lowest BCUT2D eigenvalue weighted by molar-refractivity contribution is -0.124. The molecule has 0 bridgehead atoms. The van der Waals surface area contributed by atoms with Crippen LogP contribution in [0.3, 0.4) is 0 Å². The molecule has 0 radical (unpaired) electrons. The second kappa shape index (κ2) is 20.9. The lowest BCUT2D eigenvalue weighted by atomic mass is 9.70. The molecule has 7 N–H and O–H groups in total. The van der Waals surface area contributed by atoms with Gasteiger partial charge in [-0.15, -0.1) is 0 Å². The van der Waals surface area contributed by atoms with Gasteiger partial charge in [0.25, 0.3) is 0 Å². The number of phenolic OH excluding ortho intramolecular Hbond substituents is 1. The second-order valence-corrected chi connectivity index (χ2v) is 17.8. The summed E-state index contributed by atoms with van der Waals surface area (Å²) < 4.78 is 5.46. The number of nitrogens with zero attached hydrogens (tertiary/aromatic N) is 1. The van der Waals surface area contributed by atoms with Crippen molar-refractivity contribution < 1.29 is 34.8 Å². The van der Waals surface area contributed by atoms with Crippen molar-refractivity contribution in [3.63, 3.8) is 0 Å². The summed E-state index contributed by atoms with van der Waals surface area (Å²) in [6.07, 6.45) is 8.89. The standard InChI is InChI=1S/C51H63N3O7/c1-61-50-26-37-16-20-48(59)43(47(58)10-4-8-32(9-5-23-55)40-25-39-14-18-42(57)29-46(39)54-31-40)19-15-34(45(37)30-49(50)60)13-17-41(56)28-44(38-21-22-53-51(52)27-38)36-12-11-33-6-2-3-7-35(33)24-36/h2-3,6-7,11-12,21-22,24,26-27,30,32,34,39-41,43-44,46-47,54-56,58,60H,4-5,8-10,13-14,16-18,20,23,25,28-29,31H2,1H3,(H2,52,53)/t32-,34-,39-,40+,41+,43-,44+,46-,47-/m1/s1. The lowest BCUT2D eigenvalue weighted by Gasteiger charge is -2.42. The number of piperidine rings is 1. The molecule has 3 aliphatic rings. The molecule has 4 aromatic rings. The number of ether oxygens (including phenoxy) is 1. The molecular weight excluding hydrogens is 767 g/mol. The SMILES string of the molecule is COc1cc2c(cc1O)[C@H](CC[C@H](O)C[C@H](c1ccnc(N)c1)c1ccc3ccccc3c1)C#C[C@H]([C@H](O)CCC[C@H](CCCO)[C@@H]1CN[C@@H]3CC(=O)CC[C@@H]3C1)C(=O)CC2. The highest BCUT2D eigenvalue weighted by Crippen LogP contribution is 2.40. The fourth-order valence-corrected chi connectivity index (χ4v) is 10.4. The van der Waals surface area contributed by atoms with E-state index in [1.807, 2.05) is 24.3 Å². The van der Waals surface area contributed by atoms with Crippen molar-refractivity contribution in [2.75, 3.05) is 26.0 Å². The van der Waals surface area contributed by atoms with Gasteiger partial charge >= 0.3 is 0 Å². The highest BCUT2D eigenvalue weighted by Gasteiger charge is 2.37. The first kappa shape index (κ1) is 44.3. The van der Waals surface area contributed by atoms with Crippen LogP contribution in [0.4, 0.5) is 5.82 Å². The van der Waals surface area contributed by atoms with Crippen molar-refractivity contribution >= 4 is 28.2 Å². The molecule has 10 heteroatoms. The van der Waals surface area contributed by atoms with Gasteiger partial charge in [-0.05, 0) is 139 Å². The van der Waals surface area contributed by atoms with Crippen LogP contribution >= 0.6 is 0 Å². The number of Topliss-reactive ketones (excluding diaryl/α,β-unsaturated/α-hetero) is 2. The number of nitrogen functional groups attached to an aromatic ring is 1. The van der Waals surface area contributed by atoms with Crippen molar-refractivity contribution in [3.8, 4) is 23.3 Å². The number of pyridine rings is 1. The summed E-state index contributed by atoms with van der Waals surface area (Å²) in [7, 11) is 1.50. The summed E-state index contributed by atoms with van der Waals surface area (Å²) in [6.45, 7) is 1.00. The minimum atomic E-state index is -0.942. The molecule has 0 spiro atoms. The maximum Gasteiger partial charge on any atom is 0.160 e. The Labute approximate surface area is 360 Å². The number of aryl methyl sites for hydroxylation is 1. The van der Waals surface area contributed by atoms with Crippen LogP contribution in [0.1, 0.15) is 118 Å². The van der Waals surface area contributed by atoms with E-state index in [1.165, 1.54) is 7.11 Å². The van der Waals surface area contributed by atoms with Crippen molar-refractivity contribution in [1.82, 2.24) is 10.3 Å². The molecule has 2 heterocycles. The second-order valence-electron chi connectivity index (χ2n) is 17.8. The predicted octanol–water partition coefficient (Wildman–Crippen LogP) is 7.38. The summed E-state index contributed by atoms with van der Waals surface area (Å²) in [4.78, 5) is 30.1. The molecule has 324 valence electrons. The average Bonchev–Trinajstić information content (AvgIpc) is 3.32. The number of nitrogens with one attached hydrogen (secondary N) is 1. The van der Waals surface area contributed by atoms with E-state index < -0.39 is 24.0 Å². The van der Waals surface area contributed by atoms with Gasteiger partial charge in [-0.1, -0.05) is 67.1 Å². The zero-order chi connectivity index (χ0) is 42.9. The first-order valence-corrected chi connectivity index (χ1v) is 22.5. The number of aromatic nitrogens is 1. The van der Waals surface area contributed by atoms with E-state index in [9.17, 15) is 30.0 Å². The summed E-state index contributed by atoms with van der Waals surface area (Å²) >= 11 is 0. The van der Waals surface area contributed by atoms with Gasteiger partial charge in [0, 0.05) is 49.9 Å². The molecule has 2 fully saturated rings. The third-order valence-electron chi connectivity index (χ3n) is 13.8. The van der Waals surface area contributed by atoms with E-state index >= 15 is 0 Å². The number of ketones is 2. The number of phenols is 1. The van der Waals surface area contributed by atoms with Gasteiger partial charge in [-0.25, -0.2) is 4.98 Å². The molecule has 1 saturated carbocycles. The van der Waals surface area contributed by atoms with Gasteiger partial charge in [-0.3, -0.25) is 9.59 Å². The van der Waals surface area contributed by atoms with Gasteiger partial charge in [0.15, 0.2) is 17.3 Å². The van der Waals surface area contributed by atoms with Crippen LogP contribution in [0.15, 0.2) is 72.9 Å². The summed E-state index contributed by atoms with van der Waals surface area (Å²) in [5, 5.41) is 50.0. The Balaban J connectivity index is 1.06. The van der Waals surface area contributed by atoms with Gasteiger partial charge in [0.05, 0.1) is 19.3 Å². The normalized spacial score (nSPS) is 23.6. The van der Waals surface area contributed by atoms with Crippen molar-refractivity contribution in [2.45, 2.75) is 120 Å². The lowest BCUT2D eigenvalue weighted by Crippen LogP contribution is -2.50. The Morgan fingerprint density at radius 3 is 2.52 bits per heavy atom. The maximum atomic E-state index is 13.8. The molecule has 0 amide bonds. The molecule has 1 aromatic heterocycles. The number of aliphatic hydroxyl groups excluding tert-OH is 3. The molecule has 0 unspecified atom stereocenters. The summed E-state index contributed by atoms with van der Waals surface area (Å²) in [5.41, 5.74) is 9.82. The molecule has 1 saturated heterocycles. The van der Waals surface area contributed by atoms with Crippen LogP contribution in [0, 0.1) is 35.5 Å². The summed E-state index contributed by atoms with van der Waals surface area (Å²) in [6, 6.07) is 22.1. The maximum absolute atomic E-state index is 13.8. The molecule has 7 rings (SSSR count). The minimum Gasteiger partial charge on any atom is -0.504 e. The molecule has 61 heavy (non-hydrogen) atoms. The Bertz CT molecular complexity index is 2200. The number of methoxy groups -OCH3 is 1. The van der Waals surface area contributed by atoms with E-state index in [2.05, 4.69) is 52.5 Å². The van der Waals surface area contributed by atoms with Gasteiger partial charge in [0.1, 0.15) is 17.5 Å². The first-order chi connectivity index (χ1) is 29.6. The third kappa shape index (κ3) is 11.2. The van der Waals surface area contributed by atoms with Crippen LogP contribution in [0.25, 0.3) is 10.8 Å². The molecule has 1 aliphatic heterocycles. The fourth-order valence-electron chi connectivity index (χ4n) is 10.4. The topological polar surface area (TPSA) is 175 Å². The molecule has 10 nitrogen and oxygen atoms in total. The van der Waals surface area contributed by atoms with Crippen LogP contribution in [-0.4, -0.2) is 75.5 Å². The minimum absolute atomic E-state index is 0.0150. The number of rotatable bonds is 17. The third-order valence-corrected chi connectivity index (χ3v) is 13.8. The number of fused-ring (bicyclic) bond motifs is 3. The zero-order valence-corrected chi connectivity index (χ0v) is 35.5. The van der Waals surface area contributed by atoms with E-state index in [0.717, 1.165) is 78.1 Å². The Kier molecular flexibility index (Phi) is 15.1. The van der Waals surface area contributed by atoms with E-state index in [0.29, 0.717) is 80.1 Å². The van der Waals surface area contributed by atoms with E-state index in [1.54, 1.807) is 18.3 Å². The largest absolute Gasteiger partial charge is 0.504 e. The number of carbonyl (C=O) groups is 2. The number of aliphatic hydroxyl groups is 3. The number of benzene rings is 3. The van der Waals surface area contributed by atoms with Crippen LogP contribution in [0.5, 0.6) is 11.5 Å². The van der Waals surface area contributed by atoms with E-state index in [4.69, 9.17) is 10.5 Å². The van der Waals surface area contributed by atoms with Crippen molar-refractivity contribution in [2.24, 2.45) is 23.7 Å². The Morgan fingerprint density at radius 2 is 1.72 bits per heavy atom. The number of hydrogen-bond acceptors (Lipinski definition) is 10. The van der Waals surface area contributed by atoms with E-state index in [-0.39, 0.29) is 36.5 Å². The van der Waals surface area contributed by atoms with Crippen LogP contribution in [-0.2, 0) is 16.0 Å². The number of aromatic hydroxyl groups is 1. The smallest absolute Gasteiger partial charge is 0.160 e. The van der Waals surface area contributed by atoms with Gasteiger partial charge in [-0.2, -0.15) is 0 Å². The number of nitrogens with two attached hydrogens (primary N) is 1. The van der Waals surface area contributed by atoms with Crippen LogP contribution in [0.2, 0.25) is 0 Å². The van der Waals surface area contributed by atoms with Crippen molar-refractivity contribution in [1.29, 1.82) is 0 Å². The quantitative estimate of drug-likeness (QED) is 0.0590. The molecule has 9 atom stereocenters. The predicted molar refractivity (Wildman–Crippen MR) is 238 cm³/mol. The molecular formula is C51H63N3O7. The average molecular weight is 830 g/mol. The fraction of sp³-hybridized carbons (Fsp3) is 0.510. The molecule has 2 aliphatic carbocycles. The van der Waals surface area contributed by atoms with Gasteiger partial charge in [0.2, 0.25) is 0 Å². The van der Waals surface area contributed by atoms with Crippen LogP contribution < -0.4 is 15.8 Å². The first-order valence-electron chi connectivity index (χ1n) is 22.5. The Morgan fingerprint density at radius 1 is 0.918 bits per heavy atom. The number of anilines is 1. The Hall–Kier alpha value is -4.79. The monoisotopic (exact) mass is 829 g/mol. The van der Waals surface area contributed by atoms with Crippen molar-refractivity contribution in [3.05, 3.63) is 95.2 Å². The highest BCUT2D eigenvalue weighted by atomic mass is 16.5.